The summed E-state index contributed by atoms with van der Waals surface area (Å²) in [6.45, 7) is 6.26. The number of aliphatic hydroxyl groups is 1. The van der Waals surface area contributed by atoms with Crippen LogP contribution in [-0.4, -0.2) is 125 Å². The van der Waals surface area contributed by atoms with Crippen LogP contribution >= 0.6 is 23.1 Å². The largest absolute Gasteiger partial charge is 0.391 e. The van der Waals surface area contributed by atoms with Crippen LogP contribution in [0.5, 0.6) is 0 Å². The zero-order valence-corrected chi connectivity index (χ0v) is 31.8. The number of likely N-dealkylation sites (N-methyl/N-ethyl adjacent to an activating group) is 1. The predicted octanol–water partition coefficient (Wildman–Crippen LogP) is -1.69. The number of hydrogen-bond donors (Lipinski definition) is 8. The minimum atomic E-state index is -1.35. The number of thioether (sulfide) groups is 1. The van der Waals surface area contributed by atoms with E-state index in [1.807, 2.05) is 6.92 Å². The van der Waals surface area contributed by atoms with E-state index in [9.17, 15) is 38.7 Å². The van der Waals surface area contributed by atoms with E-state index >= 15 is 0 Å². The van der Waals surface area contributed by atoms with Crippen molar-refractivity contribution >= 4 is 64.4 Å². The Morgan fingerprint density at radius 2 is 1.70 bits per heavy atom. The molecule has 0 radical (unpaired) electrons. The van der Waals surface area contributed by atoms with Gasteiger partial charge in [-0.15, -0.1) is 23.1 Å². The van der Waals surface area contributed by atoms with Crippen molar-refractivity contribution in [1.29, 1.82) is 0 Å². The van der Waals surface area contributed by atoms with Gasteiger partial charge >= 0.3 is 0 Å². The molecule has 2 aliphatic rings. The quantitative estimate of drug-likeness (QED) is 0.170. The summed E-state index contributed by atoms with van der Waals surface area (Å²) in [5.41, 5.74) is 8.43. The Morgan fingerprint density at radius 1 is 1.00 bits per heavy atom. The average Bonchev–Trinajstić information content (AvgIpc) is 3.71. The van der Waals surface area contributed by atoms with Crippen LogP contribution in [0, 0.1) is 12.3 Å². The van der Waals surface area contributed by atoms with E-state index < -0.39 is 89.6 Å². The molecule has 19 heteroatoms. The second-order valence-electron chi connectivity index (χ2n) is 14.0. The molecule has 2 saturated heterocycles. The molecule has 0 spiro atoms. The molecule has 2 aliphatic heterocycles. The monoisotopic (exact) mass is 773 g/mol. The zero-order valence-electron chi connectivity index (χ0n) is 30.2. The van der Waals surface area contributed by atoms with E-state index in [1.165, 1.54) is 16.2 Å². The summed E-state index contributed by atoms with van der Waals surface area (Å²) in [4.78, 5) is 99.8. The van der Waals surface area contributed by atoms with Crippen LogP contribution in [0.2, 0.25) is 0 Å². The number of carbonyl (C=O) groups is 7. The molecule has 9 N–H and O–H groups in total. The number of aliphatic hydroxyl groups excluding tert-OH is 1. The summed E-state index contributed by atoms with van der Waals surface area (Å²) in [6, 6.07) is 0.786. The fourth-order valence-electron chi connectivity index (χ4n) is 5.93. The summed E-state index contributed by atoms with van der Waals surface area (Å²) in [7, 11) is 1.55. The number of aromatic nitrogens is 1. The summed E-state index contributed by atoms with van der Waals surface area (Å²) < 4.78 is 0. The second kappa shape index (κ2) is 18.0. The van der Waals surface area contributed by atoms with E-state index in [-0.39, 0.29) is 31.0 Å². The lowest BCUT2D eigenvalue weighted by Crippen LogP contribution is -2.58. The second-order valence-corrected chi connectivity index (χ2v) is 15.9. The summed E-state index contributed by atoms with van der Waals surface area (Å²) in [5.74, 6) is -5.32. The number of nitrogens with zero attached hydrogens (tertiary/aromatic N) is 2. The number of amides is 7. The predicted molar refractivity (Wildman–Crippen MR) is 198 cm³/mol. The fraction of sp³-hybridized carbons (Fsp3) is 0.529. The molecule has 0 bridgehead atoms. The highest BCUT2D eigenvalue weighted by Crippen LogP contribution is 2.30. The van der Waals surface area contributed by atoms with E-state index in [1.54, 1.807) is 57.6 Å². The van der Waals surface area contributed by atoms with Crippen molar-refractivity contribution in [2.45, 2.75) is 70.4 Å². The first-order chi connectivity index (χ1) is 25.0. The standard InChI is InChI=1S/C34H47N9O8S2/c1-17-27(53-16-38-17)19-8-6-18(7-9-19)26-32(50)37-12-24(45)39-21(11-36-5)30(48)40-22(29(35)47)14-52-15-25(46)41-28(34(2,3)4)33(51)43-13-20(44)10-23(43)31(49)42-26/h6-9,16,20-23,26,28,36,44H,10-15H2,1-5H3,(H2,35,47)(H,37,50)(H,39,45)(H,40,48)(H,41,46)(H,42,49)/t20-,21-,22-,23+,26-,28-/m1/s1. The molecule has 2 fully saturated rings. The fourth-order valence-corrected chi connectivity index (χ4v) is 7.61. The molecule has 1 aromatic carbocycles. The molecule has 17 nitrogen and oxygen atoms in total. The van der Waals surface area contributed by atoms with Crippen molar-refractivity contribution in [3.05, 3.63) is 41.0 Å². The van der Waals surface area contributed by atoms with Gasteiger partial charge in [0.2, 0.25) is 41.4 Å². The first-order valence-electron chi connectivity index (χ1n) is 17.0. The molecular formula is C34H47N9O8S2. The van der Waals surface area contributed by atoms with Gasteiger partial charge < -0.3 is 47.6 Å². The third kappa shape index (κ3) is 10.7. The molecule has 1 aromatic heterocycles. The van der Waals surface area contributed by atoms with Crippen molar-refractivity contribution in [3.63, 3.8) is 0 Å². The highest BCUT2D eigenvalue weighted by molar-refractivity contribution is 8.00. The number of thiazole rings is 1. The van der Waals surface area contributed by atoms with Crippen molar-refractivity contribution in [3.8, 4) is 10.4 Å². The number of primary amides is 1. The highest BCUT2D eigenvalue weighted by atomic mass is 32.2. The van der Waals surface area contributed by atoms with Crippen LogP contribution in [0.4, 0.5) is 0 Å². The van der Waals surface area contributed by atoms with Gasteiger partial charge in [0.1, 0.15) is 30.2 Å². The first-order valence-corrected chi connectivity index (χ1v) is 19.0. The van der Waals surface area contributed by atoms with E-state index in [2.05, 4.69) is 36.9 Å². The molecule has 4 rings (SSSR count). The number of benzene rings is 1. The summed E-state index contributed by atoms with van der Waals surface area (Å²) >= 11 is 2.43. The van der Waals surface area contributed by atoms with Crippen molar-refractivity contribution in [2.75, 3.05) is 38.2 Å². The Bertz CT molecular complexity index is 1700. The molecule has 7 amide bonds. The molecule has 2 aromatic rings. The van der Waals surface area contributed by atoms with Crippen molar-refractivity contribution in [2.24, 2.45) is 11.1 Å². The van der Waals surface area contributed by atoms with E-state index in [4.69, 9.17) is 5.73 Å². The molecule has 53 heavy (non-hydrogen) atoms. The molecule has 3 heterocycles. The first kappa shape index (κ1) is 41.2. The zero-order chi connectivity index (χ0) is 39.0. The number of nitrogens with one attached hydrogen (secondary N) is 6. The van der Waals surface area contributed by atoms with Gasteiger partial charge in [0.05, 0.1) is 34.5 Å². The number of rotatable bonds is 5. The van der Waals surface area contributed by atoms with Gasteiger partial charge in [-0.3, -0.25) is 33.6 Å². The summed E-state index contributed by atoms with van der Waals surface area (Å²) in [6.07, 6.45) is -1.18. The SMILES string of the molecule is CNC[C@H]1NC(=O)CNC(=O)[C@@H](c2ccc(-c3scnc3C)cc2)NC(=O)[C@@H]2C[C@@H](O)CN2C(=O)[C@H](C(C)(C)C)NC(=O)CSC[C@H](C(N)=O)NC1=O. The minimum Gasteiger partial charge on any atom is -0.391 e. The molecule has 0 aliphatic carbocycles. The Balaban J connectivity index is 1.70. The molecule has 288 valence electrons. The van der Waals surface area contributed by atoms with Gasteiger partial charge in [0, 0.05) is 25.3 Å². The van der Waals surface area contributed by atoms with Gasteiger partial charge in [-0.2, -0.15) is 0 Å². The van der Waals surface area contributed by atoms with Crippen LogP contribution in [0.25, 0.3) is 10.4 Å². The number of aryl methyl sites for hydroxylation is 1. The molecule has 0 saturated carbocycles. The van der Waals surface area contributed by atoms with Crippen molar-refractivity contribution in [1.82, 2.24) is 41.8 Å². The number of fused-ring (bicyclic) bond motifs is 1. The van der Waals surface area contributed by atoms with E-state index in [0.29, 0.717) is 5.56 Å². The lowest BCUT2D eigenvalue weighted by molar-refractivity contribution is -0.144. The van der Waals surface area contributed by atoms with Gasteiger partial charge in [-0.25, -0.2) is 4.98 Å². The summed E-state index contributed by atoms with van der Waals surface area (Å²) in [5, 5.41) is 26.4. The Labute approximate surface area is 315 Å². The Hall–Kier alpha value is -4.59. The molecular weight excluding hydrogens is 727 g/mol. The van der Waals surface area contributed by atoms with Crippen molar-refractivity contribution < 1.29 is 38.7 Å². The van der Waals surface area contributed by atoms with Gasteiger partial charge in [-0.1, -0.05) is 45.0 Å². The van der Waals surface area contributed by atoms with Gasteiger partial charge in [0.15, 0.2) is 0 Å². The number of nitrogens with two attached hydrogens (primary N) is 1. The van der Waals surface area contributed by atoms with Crippen LogP contribution in [0.3, 0.4) is 0 Å². The maximum Gasteiger partial charge on any atom is 0.247 e. The minimum absolute atomic E-state index is 0.0389. The normalized spacial score (nSPS) is 26.0. The smallest absolute Gasteiger partial charge is 0.247 e. The van der Waals surface area contributed by atoms with Crippen LogP contribution in [0.1, 0.15) is 44.5 Å². The lowest BCUT2D eigenvalue weighted by atomic mass is 9.85. The third-order valence-electron chi connectivity index (χ3n) is 8.74. The van der Waals surface area contributed by atoms with Crippen LogP contribution < -0.4 is 37.6 Å². The van der Waals surface area contributed by atoms with Crippen LogP contribution in [0.15, 0.2) is 29.8 Å². The van der Waals surface area contributed by atoms with Gasteiger partial charge in [-0.05, 0) is 30.5 Å². The topological polar surface area (TPSA) is 254 Å². The number of hydrogen-bond acceptors (Lipinski definition) is 12. The average molecular weight is 774 g/mol. The Morgan fingerprint density at radius 3 is 2.30 bits per heavy atom. The van der Waals surface area contributed by atoms with Crippen LogP contribution in [-0.2, 0) is 33.6 Å². The molecule has 6 atom stereocenters. The molecule has 0 unspecified atom stereocenters. The Kier molecular flexibility index (Phi) is 13.9. The van der Waals surface area contributed by atoms with E-state index in [0.717, 1.165) is 27.9 Å². The highest BCUT2D eigenvalue weighted by Gasteiger charge is 2.45. The maximum atomic E-state index is 14.1. The third-order valence-corrected chi connectivity index (χ3v) is 10.8. The number of carbonyl (C=O) groups excluding carboxylic acids is 7. The lowest BCUT2D eigenvalue weighted by Gasteiger charge is -2.35. The maximum absolute atomic E-state index is 14.1. The van der Waals surface area contributed by atoms with Gasteiger partial charge in [0.25, 0.3) is 0 Å².